The Morgan fingerprint density at radius 3 is 1.84 bits per heavy atom. The van der Waals surface area contributed by atoms with Crippen LogP contribution in [0.4, 0.5) is 4.39 Å². The lowest BCUT2D eigenvalue weighted by molar-refractivity contribution is 0.631. The molecule has 4 aromatic rings. The number of rotatable bonds is 5. The lowest BCUT2D eigenvalue weighted by Crippen LogP contribution is -1.92. The van der Waals surface area contributed by atoms with E-state index in [9.17, 15) is 4.39 Å². The first-order valence-electron chi connectivity index (χ1n) is 11.0. The molecule has 0 unspecified atom stereocenters. The average Bonchev–Trinajstić information content (AvgIpc) is 2.80. The maximum atomic E-state index is 14.2. The quantitative estimate of drug-likeness (QED) is 0.302. The molecule has 4 rings (SSSR count). The van der Waals surface area contributed by atoms with Crippen molar-refractivity contribution in [3.8, 4) is 11.8 Å². The molecular weight excluding hydrogens is 379 g/mol. The van der Waals surface area contributed by atoms with E-state index in [1.165, 1.54) is 23.1 Å². The zero-order valence-electron chi connectivity index (χ0n) is 18.2. The molecule has 1 heteroatoms. The smallest absolute Gasteiger partial charge is 0.133 e. The van der Waals surface area contributed by atoms with Gasteiger partial charge in [-0.3, -0.25) is 0 Å². The summed E-state index contributed by atoms with van der Waals surface area (Å²) in [6, 6.07) is 26.9. The van der Waals surface area contributed by atoms with E-state index in [2.05, 4.69) is 67.3 Å². The number of aryl methyl sites for hydroxylation is 4. The largest absolute Gasteiger partial charge is 0.206 e. The molecule has 0 bridgehead atoms. The second kappa shape index (κ2) is 9.63. The molecule has 0 aliphatic heterocycles. The van der Waals surface area contributed by atoms with E-state index < -0.39 is 0 Å². The maximum absolute atomic E-state index is 14.2. The SMILES string of the molecule is CCCc1ccc(CCc2ccc(C#Cc3ccc4c(F)c(C)ccc4c3)cc2)cc1. The maximum Gasteiger partial charge on any atom is 0.133 e. The zero-order chi connectivity index (χ0) is 21.6. The van der Waals surface area contributed by atoms with Crippen molar-refractivity contribution in [3.63, 3.8) is 0 Å². The van der Waals surface area contributed by atoms with Crippen LogP contribution in [-0.2, 0) is 19.3 Å². The van der Waals surface area contributed by atoms with E-state index in [0.717, 1.165) is 35.8 Å². The molecule has 0 N–H and O–H groups in total. The molecule has 0 fully saturated rings. The van der Waals surface area contributed by atoms with Crippen molar-refractivity contribution in [3.05, 3.63) is 118 Å². The van der Waals surface area contributed by atoms with Gasteiger partial charge in [0.25, 0.3) is 0 Å². The molecule has 154 valence electrons. The van der Waals surface area contributed by atoms with Crippen molar-refractivity contribution in [2.24, 2.45) is 0 Å². The highest BCUT2D eigenvalue weighted by Gasteiger charge is 2.04. The lowest BCUT2D eigenvalue weighted by Gasteiger charge is -2.04. The summed E-state index contributed by atoms with van der Waals surface area (Å²) in [4.78, 5) is 0. The second-order valence-corrected chi connectivity index (χ2v) is 8.15. The highest BCUT2D eigenvalue weighted by Crippen LogP contribution is 2.21. The van der Waals surface area contributed by atoms with E-state index in [-0.39, 0.29) is 5.82 Å². The van der Waals surface area contributed by atoms with Crippen molar-refractivity contribution in [1.82, 2.24) is 0 Å². The van der Waals surface area contributed by atoms with Gasteiger partial charge in [-0.1, -0.05) is 79.8 Å². The first-order chi connectivity index (χ1) is 15.1. The molecule has 0 spiro atoms. The van der Waals surface area contributed by atoms with E-state index in [4.69, 9.17) is 0 Å². The van der Waals surface area contributed by atoms with Gasteiger partial charge < -0.3 is 0 Å². The van der Waals surface area contributed by atoms with Crippen molar-refractivity contribution in [2.45, 2.75) is 39.5 Å². The number of halogens is 1. The summed E-state index contributed by atoms with van der Waals surface area (Å²) in [5.74, 6) is 6.29. The van der Waals surface area contributed by atoms with Gasteiger partial charge in [0, 0.05) is 16.5 Å². The number of benzene rings is 4. The summed E-state index contributed by atoms with van der Waals surface area (Å²) in [7, 11) is 0. The van der Waals surface area contributed by atoms with Crippen LogP contribution in [0.25, 0.3) is 10.8 Å². The fourth-order valence-corrected chi connectivity index (χ4v) is 3.83. The monoisotopic (exact) mass is 406 g/mol. The van der Waals surface area contributed by atoms with Crippen LogP contribution >= 0.6 is 0 Å². The van der Waals surface area contributed by atoms with E-state index in [1.807, 2.05) is 30.3 Å². The van der Waals surface area contributed by atoms with Gasteiger partial charge in [0.05, 0.1) is 0 Å². The van der Waals surface area contributed by atoms with Crippen LogP contribution in [0.1, 0.15) is 46.7 Å². The molecule has 31 heavy (non-hydrogen) atoms. The molecule has 0 heterocycles. The molecule has 0 aliphatic carbocycles. The molecular formula is C30H27F. The van der Waals surface area contributed by atoms with Gasteiger partial charge in [-0.05, 0) is 78.1 Å². The highest BCUT2D eigenvalue weighted by molar-refractivity contribution is 5.85. The van der Waals surface area contributed by atoms with Gasteiger partial charge in [-0.15, -0.1) is 0 Å². The Labute approximate surface area is 184 Å². The van der Waals surface area contributed by atoms with Crippen LogP contribution in [0.3, 0.4) is 0 Å². The standard InChI is InChI=1S/C30H27F/c1-3-4-23-6-8-24(9-7-23)10-11-25-12-14-26(15-13-25)16-17-27-18-20-29-28(21-27)19-5-22(2)30(29)31/h5-9,12-15,18-21H,3-4,10-11H2,1-2H3. The van der Waals surface area contributed by atoms with Crippen molar-refractivity contribution >= 4 is 10.8 Å². The number of fused-ring (bicyclic) bond motifs is 1. The minimum atomic E-state index is -0.149. The minimum Gasteiger partial charge on any atom is -0.206 e. The van der Waals surface area contributed by atoms with Crippen molar-refractivity contribution in [2.75, 3.05) is 0 Å². The summed E-state index contributed by atoms with van der Waals surface area (Å²) < 4.78 is 14.2. The second-order valence-electron chi connectivity index (χ2n) is 8.15. The highest BCUT2D eigenvalue weighted by atomic mass is 19.1. The predicted octanol–water partition coefficient (Wildman–Crippen LogP) is 7.42. The van der Waals surface area contributed by atoms with Gasteiger partial charge >= 0.3 is 0 Å². The first-order valence-corrected chi connectivity index (χ1v) is 11.0. The van der Waals surface area contributed by atoms with Gasteiger partial charge in [0.1, 0.15) is 5.82 Å². The van der Waals surface area contributed by atoms with E-state index in [0.29, 0.717) is 10.9 Å². The first kappa shape index (κ1) is 20.9. The minimum absolute atomic E-state index is 0.149. The molecule has 0 saturated carbocycles. The topological polar surface area (TPSA) is 0 Å². The number of hydrogen-bond acceptors (Lipinski definition) is 0. The fourth-order valence-electron chi connectivity index (χ4n) is 3.83. The summed E-state index contributed by atoms with van der Waals surface area (Å²) in [5.41, 5.74) is 6.67. The summed E-state index contributed by atoms with van der Waals surface area (Å²) in [5, 5.41) is 1.53. The predicted molar refractivity (Wildman–Crippen MR) is 129 cm³/mol. The van der Waals surface area contributed by atoms with Crippen LogP contribution in [-0.4, -0.2) is 0 Å². The Morgan fingerprint density at radius 1 is 0.645 bits per heavy atom. The van der Waals surface area contributed by atoms with Gasteiger partial charge in [0.15, 0.2) is 0 Å². The van der Waals surface area contributed by atoms with Crippen LogP contribution < -0.4 is 0 Å². The van der Waals surface area contributed by atoms with E-state index in [1.54, 1.807) is 6.92 Å². The number of hydrogen-bond donors (Lipinski definition) is 0. The van der Waals surface area contributed by atoms with Crippen molar-refractivity contribution < 1.29 is 4.39 Å². The Bertz CT molecular complexity index is 1240. The Balaban J connectivity index is 1.40. The molecule has 0 aromatic heterocycles. The van der Waals surface area contributed by atoms with Gasteiger partial charge in [0.2, 0.25) is 0 Å². The lowest BCUT2D eigenvalue weighted by atomic mass is 10.0. The molecule has 0 saturated heterocycles. The third kappa shape index (κ3) is 5.22. The summed E-state index contributed by atoms with van der Waals surface area (Å²) in [6.07, 6.45) is 4.41. The molecule has 0 radical (unpaired) electrons. The molecule has 0 atom stereocenters. The van der Waals surface area contributed by atoms with Gasteiger partial charge in [-0.2, -0.15) is 0 Å². The summed E-state index contributed by atoms with van der Waals surface area (Å²) >= 11 is 0. The molecule has 0 aliphatic rings. The molecule has 4 aromatic carbocycles. The average molecular weight is 407 g/mol. The Hall–Kier alpha value is -3.37. The third-order valence-corrected chi connectivity index (χ3v) is 5.72. The van der Waals surface area contributed by atoms with Crippen LogP contribution in [0.2, 0.25) is 0 Å². The van der Waals surface area contributed by atoms with Crippen LogP contribution in [0.15, 0.2) is 78.9 Å². The Kier molecular flexibility index (Phi) is 6.48. The zero-order valence-corrected chi connectivity index (χ0v) is 18.2. The van der Waals surface area contributed by atoms with Crippen LogP contribution in [0.5, 0.6) is 0 Å². The third-order valence-electron chi connectivity index (χ3n) is 5.72. The molecule has 0 amide bonds. The molecule has 0 nitrogen and oxygen atoms in total. The normalized spacial score (nSPS) is 10.7. The van der Waals surface area contributed by atoms with Gasteiger partial charge in [-0.25, -0.2) is 4.39 Å². The van der Waals surface area contributed by atoms with E-state index >= 15 is 0 Å². The van der Waals surface area contributed by atoms with Crippen molar-refractivity contribution in [1.29, 1.82) is 0 Å². The van der Waals surface area contributed by atoms with Crippen LogP contribution in [0, 0.1) is 24.6 Å². The Morgan fingerprint density at radius 2 is 1.19 bits per heavy atom. The summed E-state index contributed by atoms with van der Waals surface area (Å²) in [6.45, 7) is 4.00. The fraction of sp³-hybridized carbons (Fsp3) is 0.200.